The standard InChI is InChI=1S/C16H23BFNO3/c1-7-19-14(20)11-8-10(2)12(9-13(11)18)17-21-15(3,4)16(5,6)22-17/h8-9H,7H2,1-6H3,(H,19,20). The van der Waals surface area contributed by atoms with E-state index in [4.69, 9.17) is 9.31 Å². The SMILES string of the molecule is CCNC(=O)c1cc(C)c(B2OC(C)(C)C(C)(C)O2)cc1F. The number of halogens is 1. The molecule has 1 aliphatic rings. The summed E-state index contributed by atoms with van der Waals surface area (Å²) in [6, 6.07) is 2.88. The van der Waals surface area contributed by atoms with Crippen LogP contribution in [0.15, 0.2) is 12.1 Å². The second kappa shape index (κ2) is 5.67. The van der Waals surface area contributed by atoms with Gasteiger partial charge in [-0.25, -0.2) is 4.39 Å². The molecule has 4 nitrogen and oxygen atoms in total. The highest BCUT2D eigenvalue weighted by atomic mass is 19.1. The van der Waals surface area contributed by atoms with E-state index in [-0.39, 0.29) is 5.56 Å². The van der Waals surface area contributed by atoms with E-state index in [1.54, 1.807) is 13.0 Å². The lowest BCUT2D eigenvalue weighted by Gasteiger charge is -2.32. The second-order valence-corrected chi connectivity index (χ2v) is 6.64. The topological polar surface area (TPSA) is 47.6 Å². The molecule has 0 atom stereocenters. The molecule has 1 saturated heterocycles. The van der Waals surface area contributed by atoms with Crippen LogP contribution in [-0.4, -0.2) is 30.8 Å². The number of carbonyl (C=O) groups excluding carboxylic acids is 1. The van der Waals surface area contributed by atoms with Crippen molar-refractivity contribution in [3.05, 3.63) is 29.1 Å². The van der Waals surface area contributed by atoms with Gasteiger partial charge in [-0.2, -0.15) is 0 Å². The molecular weight excluding hydrogens is 284 g/mol. The van der Waals surface area contributed by atoms with E-state index in [0.717, 1.165) is 5.56 Å². The molecule has 1 heterocycles. The molecule has 0 aliphatic carbocycles. The summed E-state index contributed by atoms with van der Waals surface area (Å²) in [5, 5.41) is 2.60. The van der Waals surface area contributed by atoms with Crippen molar-refractivity contribution in [2.45, 2.75) is 52.7 Å². The van der Waals surface area contributed by atoms with Crippen LogP contribution in [0, 0.1) is 12.7 Å². The van der Waals surface area contributed by atoms with Gasteiger partial charge in [-0.3, -0.25) is 4.79 Å². The van der Waals surface area contributed by atoms with Crippen molar-refractivity contribution in [2.24, 2.45) is 0 Å². The van der Waals surface area contributed by atoms with Crippen molar-refractivity contribution >= 4 is 18.5 Å². The van der Waals surface area contributed by atoms with E-state index in [1.807, 2.05) is 34.6 Å². The van der Waals surface area contributed by atoms with Gasteiger partial charge in [0.05, 0.1) is 16.8 Å². The largest absolute Gasteiger partial charge is 0.495 e. The number of hydrogen-bond donors (Lipinski definition) is 1. The number of nitrogens with one attached hydrogen (secondary N) is 1. The van der Waals surface area contributed by atoms with Gasteiger partial charge in [0, 0.05) is 6.54 Å². The molecule has 0 saturated carbocycles. The fourth-order valence-electron chi connectivity index (χ4n) is 2.35. The maximum absolute atomic E-state index is 14.3. The molecule has 1 fully saturated rings. The normalized spacial score (nSPS) is 19.3. The van der Waals surface area contributed by atoms with Gasteiger partial charge in [-0.05, 0) is 59.1 Å². The average Bonchev–Trinajstić information content (AvgIpc) is 2.60. The number of aryl methyl sites for hydroxylation is 1. The van der Waals surface area contributed by atoms with E-state index < -0.39 is 30.0 Å². The number of hydrogen-bond acceptors (Lipinski definition) is 3. The van der Waals surface area contributed by atoms with Crippen molar-refractivity contribution < 1.29 is 18.5 Å². The molecule has 1 aromatic rings. The summed E-state index contributed by atoms with van der Waals surface area (Å²) in [5.41, 5.74) is 0.447. The van der Waals surface area contributed by atoms with Crippen LogP contribution in [0.25, 0.3) is 0 Å². The summed E-state index contributed by atoms with van der Waals surface area (Å²) in [6.45, 7) is 11.9. The van der Waals surface area contributed by atoms with Crippen molar-refractivity contribution in [3.8, 4) is 0 Å². The zero-order chi connectivity index (χ0) is 16.7. The van der Waals surface area contributed by atoms with Crippen molar-refractivity contribution in [2.75, 3.05) is 6.54 Å². The highest BCUT2D eigenvalue weighted by molar-refractivity contribution is 6.62. The highest BCUT2D eigenvalue weighted by Gasteiger charge is 2.52. The Kier molecular flexibility index (Phi) is 4.37. The molecule has 0 radical (unpaired) electrons. The summed E-state index contributed by atoms with van der Waals surface area (Å²) >= 11 is 0. The Morgan fingerprint density at radius 1 is 1.23 bits per heavy atom. The van der Waals surface area contributed by atoms with Crippen molar-refractivity contribution in [1.82, 2.24) is 5.32 Å². The summed E-state index contributed by atoms with van der Waals surface area (Å²) < 4.78 is 26.2. The molecular formula is C16H23BFNO3. The first-order valence-electron chi connectivity index (χ1n) is 7.53. The Labute approximate surface area is 131 Å². The number of benzene rings is 1. The van der Waals surface area contributed by atoms with Gasteiger partial charge in [-0.15, -0.1) is 0 Å². The van der Waals surface area contributed by atoms with Gasteiger partial charge < -0.3 is 14.6 Å². The van der Waals surface area contributed by atoms with Crippen LogP contribution in [0.3, 0.4) is 0 Å². The lowest BCUT2D eigenvalue weighted by molar-refractivity contribution is 0.00578. The van der Waals surface area contributed by atoms with E-state index in [0.29, 0.717) is 12.0 Å². The van der Waals surface area contributed by atoms with Crippen LogP contribution in [-0.2, 0) is 9.31 Å². The fourth-order valence-corrected chi connectivity index (χ4v) is 2.35. The smallest absolute Gasteiger partial charge is 0.399 e. The molecule has 0 unspecified atom stereocenters. The Balaban J connectivity index is 2.35. The third kappa shape index (κ3) is 2.90. The minimum atomic E-state index is -0.636. The van der Waals surface area contributed by atoms with Gasteiger partial charge in [0.15, 0.2) is 0 Å². The Morgan fingerprint density at radius 3 is 2.27 bits per heavy atom. The molecule has 1 aliphatic heterocycles. The van der Waals surface area contributed by atoms with Gasteiger partial charge in [-0.1, -0.05) is 5.56 Å². The summed E-state index contributed by atoms with van der Waals surface area (Å²) in [4.78, 5) is 11.8. The third-order valence-electron chi connectivity index (χ3n) is 4.44. The van der Waals surface area contributed by atoms with Crippen LogP contribution >= 0.6 is 0 Å². The third-order valence-corrected chi connectivity index (χ3v) is 4.44. The first kappa shape index (κ1) is 17.0. The zero-order valence-electron chi connectivity index (χ0n) is 14.0. The van der Waals surface area contributed by atoms with Crippen LogP contribution in [0.1, 0.15) is 50.5 Å². The zero-order valence-corrected chi connectivity index (χ0v) is 14.0. The second-order valence-electron chi connectivity index (χ2n) is 6.64. The molecule has 2 rings (SSSR count). The summed E-state index contributed by atoms with van der Waals surface area (Å²) in [5.74, 6) is -0.982. The van der Waals surface area contributed by atoms with Crippen LogP contribution in [0.2, 0.25) is 0 Å². The Bertz CT molecular complexity index is 585. The maximum atomic E-state index is 14.3. The van der Waals surface area contributed by atoms with Gasteiger partial charge in [0.25, 0.3) is 5.91 Å². The first-order valence-corrected chi connectivity index (χ1v) is 7.53. The minimum absolute atomic E-state index is 0.0413. The highest BCUT2D eigenvalue weighted by Crippen LogP contribution is 2.36. The van der Waals surface area contributed by atoms with Crippen molar-refractivity contribution in [1.29, 1.82) is 0 Å². The lowest BCUT2D eigenvalue weighted by Crippen LogP contribution is -2.41. The Morgan fingerprint density at radius 2 is 1.77 bits per heavy atom. The number of carbonyl (C=O) groups is 1. The lowest BCUT2D eigenvalue weighted by atomic mass is 9.75. The Hall–Kier alpha value is -1.40. The summed E-state index contributed by atoms with van der Waals surface area (Å²) in [6.07, 6.45) is 0. The molecule has 22 heavy (non-hydrogen) atoms. The molecule has 0 spiro atoms. The predicted molar refractivity (Wildman–Crippen MR) is 84.9 cm³/mol. The van der Waals surface area contributed by atoms with E-state index in [1.165, 1.54) is 6.07 Å². The van der Waals surface area contributed by atoms with Gasteiger partial charge in [0.1, 0.15) is 5.82 Å². The van der Waals surface area contributed by atoms with Crippen LogP contribution < -0.4 is 10.8 Å². The average molecular weight is 307 g/mol. The molecule has 1 amide bonds. The molecule has 120 valence electrons. The van der Waals surface area contributed by atoms with E-state index >= 15 is 0 Å². The quantitative estimate of drug-likeness (QED) is 0.871. The maximum Gasteiger partial charge on any atom is 0.495 e. The van der Waals surface area contributed by atoms with Crippen molar-refractivity contribution in [3.63, 3.8) is 0 Å². The van der Waals surface area contributed by atoms with Crippen LogP contribution in [0.5, 0.6) is 0 Å². The number of amides is 1. The molecule has 1 aromatic carbocycles. The van der Waals surface area contributed by atoms with Crippen LogP contribution in [0.4, 0.5) is 4.39 Å². The molecule has 6 heteroatoms. The first-order chi connectivity index (χ1) is 10.1. The fraction of sp³-hybridized carbons (Fsp3) is 0.562. The van der Waals surface area contributed by atoms with E-state index in [2.05, 4.69) is 5.32 Å². The molecule has 0 aromatic heterocycles. The monoisotopic (exact) mass is 307 g/mol. The molecule has 1 N–H and O–H groups in total. The summed E-state index contributed by atoms with van der Waals surface area (Å²) in [7, 11) is -0.636. The van der Waals surface area contributed by atoms with E-state index in [9.17, 15) is 9.18 Å². The van der Waals surface area contributed by atoms with Gasteiger partial charge in [0.2, 0.25) is 0 Å². The number of rotatable bonds is 3. The minimum Gasteiger partial charge on any atom is -0.399 e. The van der Waals surface area contributed by atoms with Gasteiger partial charge >= 0.3 is 7.12 Å². The predicted octanol–water partition coefficient (Wildman–Crippen LogP) is 2.18. The molecule has 0 bridgehead atoms.